The van der Waals surface area contributed by atoms with Crippen LogP contribution >= 0.6 is 0 Å². The van der Waals surface area contributed by atoms with Crippen LogP contribution in [0.1, 0.15) is 34.1 Å². The Labute approximate surface area is 110 Å². The van der Waals surface area contributed by atoms with Crippen molar-refractivity contribution in [2.24, 2.45) is 0 Å². The predicted molar refractivity (Wildman–Crippen MR) is 74.8 cm³/mol. The first-order valence-electron chi connectivity index (χ1n) is 5.97. The van der Waals surface area contributed by atoms with Crippen LogP contribution in [-0.4, -0.2) is 31.1 Å². The van der Waals surface area contributed by atoms with Crippen LogP contribution in [0.5, 0.6) is 0 Å². The van der Waals surface area contributed by atoms with Gasteiger partial charge in [0, 0.05) is 13.3 Å². The lowest BCUT2D eigenvalue weighted by Gasteiger charge is -2.31. The average molecular weight is 269 g/mol. The standard InChI is InChI=1S/C13H23NO3Si/c1-10(15)14-11(12(16)17)8-7-9-18(5,6)13(2,3)4/h11H,8H2,1-6H3,(H,14,15)(H,16,17)/t11-/m1/s1. The van der Waals surface area contributed by atoms with E-state index in [0.29, 0.717) is 0 Å². The molecular weight excluding hydrogens is 246 g/mol. The van der Waals surface area contributed by atoms with Crippen molar-refractivity contribution < 1.29 is 14.7 Å². The molecule has 0 spiro atoms. The summed E-state index contributed by atoms with van der Waals surface area (Å²) in [6.07, 6.45) is 0.154. The molecule has 0 saturated heterocycles. The van der Waals surface area contributed by atoms with Gasteiger partial charge in [0.15, 0.2) is 0 Å². The number of hydrogen-bond donors (Lipinski definition) is 2. The predicted octanol–water partition coefficient (Wildman–Crippen LogP) is 2.02. The van der Waals surface area contributed by atoms with E-state index in [9.17, 15) is 9.59 Å². The summed E-state index contributed by atoms with van der Waals surface area (Å²) in [5.41, 5.74) is 3.23. The molecule has 0 saturated carbocycles. The summed E-state index contributed by atoms with van der Waals surface area (Å²) in [6.45, 7) is 12.1. The van der Waals surface area contributed by atoms with Crippen molar-refractivity contribution in [3.8, 4) is 11.5 Å². The van der Waals surface area contributed by atoms with E-state index in [1.807, 2.05) is 0 Å². The van der Waals surface area contributed by atoms with E-state index in [2.05, 4.69) is 50.6 Å². The second-order valence-corrected chi connectivity index (χ2v) is 11.0. The molecule has 102 valence electrons. The largest absolute Gasteiger partial charge is 0.480 e. The zero-order valence-electron chi connectivity index (χ0n) is 12.0. The molecule has 1 amide bonds. The van der Waals surface area contributed by atoms with Gasteiger partial charge in [-0.05, 0) is 5.04 Å². The Hall–Kier alpha value is -1.28. The molecule has 0 aromatic carbocycles. The van der Waals surface area contributed by atoms with Gasteiger partial charge < -0.3 is 10.4 Å². The number of amides is 1. The number of carbonyl (C=O) groups is 2. The molecule has 0 heterocycles. The Morgan fingerprint density at radius 1 is 1.33 bits per heavy atom. The van der Waals surface area contributed by atoms with Gasteiger partial charge in [0.1, 0.15) is 14.1 Å². The molecule has 0 unspecified atom stereocenters. The maximum absolute atomic E-state index is 10.9. The van der Waals surface area contributed by atoms with Gasteiger partial charge in [-0.2, -0.15) is 0 Å². The van der Waals surface area contributed by atoms with E-state index in [-0.39, 0.29) is 17.4 Å². The van der Waals surface area contributed by atoms with Gasteiger partial charge in [-0.1, -0.05) is 33.9 Å². The minimum atomic E-state index is -1.71. The molecule has 0 bridgehead atoms. The molecule has 0 aliphatic rings. The van der Waals surface area contributed by atoms with Crippen LogP contribution in [-0.2, 0) is 9.59 Å². The van der Waals surface area contributed by atoms with E-state index in [1.54, 1.807) is 0 Å². The monoisotopic (exact) mass is 269 g/mol. The molecule has 1 atom stereocenters. The number of rotatable bonds is 3. The van der Waals surface area contributed by atoms with Crippen LogP contribution in [0.15, 0.2) is 0 Å². The maximum Gasteiger partial charge on any atom is 0.327 e. The van der Waals surface area contributed by atoms with Gasteiger partial charge in [0.05, 0.1) is 0 Å². The highest BCUT2D eigenvalue weighted by Gasteiger charge is 2.33. The summed E-state index contributed by atoms with van der Waals surface area (Å²) in [4.78, 5) is 21.8. The molecular formula is C13H23NO3Si. The van der Waals surface area contributed by atoms with Crippen LogP contribution in [0.3, 0.4) is 0 Å². The molecule has 0 radical (unpaired) electrons. The van der Waals surface area contributed by atoms with E-state index in [4.69, 9.17) is 5.11 Å². The van der Waals surface area contributed by atoms with Crippen LogP contribution in [0.25, 0.3) is 0 Å². The molecule has 5 heteroatoms. The zero-order valence-corrected chi connectivity index (χ0v) is 13.0. The maximum atomic E-state index is 10.9. The third-order valence-corrected chi connectivity index (χ3v) is 7.81. The average Bonchev–Trinajstić information content (AvgIpc) is 2.13. The summed E-state index contributed by atoms with van der Waals surface area (Å²) >= 11 is 0. The Kier molecular flexibility index (Phi) is 5.62. The highest BCUT2D eigenvalue weighted by atomic mass is 28.3. The zero-order chi connectivity index (χ0) is 14.6. The molecule has 0 aliphatic carbocycles. The molecule has 2 N–H and O–H groups in total. The van der Waals surface area contributed by atoms with Crippen LogP contribution in [0.2, 0.25) is 18.1 Å². The van der Waals surface area contributed by atoms with Gasteiger partial charge >= 0.3 is 5.97 Å². The SMILES string of the molecule is CC(=O)N[C@H](CC#C[Si](C)(C)C(C)(C)C)C(=O)O. The van der Waals surface area contributed by atoms with Crippen molar-refractivity contribution in [1.29, 1.82) is 0 Å². The number of carboxylic acid groups (broad SMARTS) is 1. The van der Waals surface area contributed by atoms with Crippen molar-refractivity contribution in [2.45, 2.75) is 58.3 Å². The fourth-order valence-corrected chi connectivity index (χ4v) is 1.93. The Bertz CT molecular complexity index is 385. The summed E-state index contributed by atoms with van der Waals surface area (Å²) in [7, 11) is -1.71. The molecule has 0 aliphatic heterocycles. The third kappa shape index (κ3) is 5.37. The molecule has 0 fully saturated rings. The van der Waals surface area contributed by atoms with Crippen LogP contribution < -0.4 is 5.32 Å². The highest BCUT2D eigenvalue weighted by Crippen LogP contribution is 2.35. The Balaban J connectivity index is 4.74. The van der Waals surface area contributed by atoms with E-state index < -0.39 is 20.1 Å². The minimum Gasteiger partial charge on any atom is -0.480 e. The van der Waals surface area contributed by atoms with Crippen molar-refractivity contribution in [1.82, 2.24) is 5.32 Å². The van der Waals surface area contributed by atoms with Gasteiger partial charge in [0.2, 0.25) is 5.91 Å². The fraction of sp³-hybridized carbons (Fsp3) is 0.692. The summed E-state index contributed by atoms with van der Waals surface area (Å²) in [5.74, 6) is 1.54. The van der Waals surface area contributed by atoms with Gasteiger partial charge in [-0.15, -0.1) is 11.5 Å². The van der Waals surface area contributed by atoms with Gasteiger partial charge in [-0.25, -0.2) is 4.79 Å². The van der Waals surface area contributed by atoms with E-state index in [1.165, 1.54) is 6.92 Å². The first kappa shape index (κ1) is 16.7. The number of aliphatic carboxylic acids is 1. The second kappa shape index (κ2) is 6.05. The second-order valence-electron chi connectivity index (χ2n) is 5.97. The summed E-state index contributed by atoms with van der Waals surface area (Å²) < 4.78 is 0. The smallest absolute Gasteiger partial charge is 0.327 e. The number of hydrogen-bond acceptors (Lipinski definition) is 2. The lowest BCUT2D eigenvalue weighted by atomic mass is 10.2. The van der Waals surface area contributed by atoms with Gasteiger partial charge in [-0.3, -0.25) is 4.79 Å². The normalized spacial score (nSPS) is 13.2. The first-order valence-corrected chi connectivity index (χ1v) is 8.97. The Morgan fingerprint density at radius 2 is 1.83 bits per heavy atom. The summed E-state index contributed by atoms with van der Waals surface area (Å²) in [6, 6.07) is -0.917. The van der Waals surface area contributed by atoms with Crippen molar-refractivity contribution in [3.05, 3.63) is 0 Å². The summed E-state index contributed by atoms with van der Waals surface area (Å²) in [5, 5.41) is 11.5. The number of nitrogens with one attached hydrogen (secondary N) is 1. The van der Waals surface area contributed by atoms with Crippen molar-refractivity contribution >= 4 is 20.0 Å². The van der Waals surface area contributed by atoms with Crippen molar-refractivity contribution in [3.63, 3.8) is 0 Å². The third-order valence-electron chi connectivity index (χ3n) is 3.26. The minimum absolute atomic E-state index is 0.146. The molecule has 0 rings (SSSR count). The molecule has 4 nitrogen and oxygen atoms in total. The Morgan fingerprint density at radius 3 is 2.17 bits per heavy atom. The molecule has 0 aromatic heterocycles. The molecule has 0 aromatic rings. The number of carboxylic acids is 1. The fourth-order valence-electron chi connectivity index (χ4n) is 1.01. The topological polar surface area (TPSA) is 66.4 Å². The molecule has 18 heavy (non-hydrogen) atoms. The lowest BCUT2D eigenvalue weighted by Crippen LogP contribution is -2.39. The number of carbonyl (C=O) groups excluding carboxylic acids is 1. The quantitative estimate of drug-likeness (QED) is 0.608. The van der Waals surface area contributed by atoms with Crippen LogP contribution in [0, 0.1) is 11.5 Å². The van der Waals surface area contributed by atoms with Crippen LogP contribution in [0.4, 0.5) is 0 Å². The van der Waals surface area contributed by atoms with Gasteiger partial charge in [0.25, 0.3) is 0 Å². The lowest BCUT2D eigenvalue weighted by molar-refractivity contribution is -0.141. The van der Waals surface area contributed by atoms with E-state index >= 15 is 0 Å². The van der Waals surface area contributed by atoms with E-state index in [0.717, 1.165) is 0 Å². The van der Waals surface area contributed by atoms with Crippen molar-refractivity contribution in [2.75, 3.05) is 0 Å². The highest BCUT2D eigenvalue weighted by molar-refractivity contribution is 6.87. The first-order chi connectivity index (χ1) is 7.97.